The van der Waals surface area contributed by atoms with Crippen molar-refractivity contribution in [3.8, 4) is 5.75 Å². The zero-order valence-electron chi connectivity index (χ0n) is 12.6. The molecule has 0 radical (unpaired) electrons. The molecule has 22 heavy (non-hydrogen) atoms. The zero-order chi connectivity index (χ0) is 15.7. The van der Waals surface area contributed by atoms with Gasteiger partial charge in [-0.05, 0) is 37.6 Å². The van der Waals surface area contributed by atoms with Crippen molar-refractivity contribution < 1.29 is 9.53 Å². The van der Waals surface area contributed by atoms with Crippen molar-refractivity contribution in [1.82, 2.24) is 0 Å². The number of benzene rings is 2. The highest BCUT2D eigenvalue weighted by Gasteiger charge is 2.32. The predicted octanol–water partition coefficient (Wildman–Crippen LogP) is 3.44. The zero-order valence-corrected chi connectivity index (χ0v) is 12.6. The van der Waals surface area contributed by atoms with Crippen molar-refractivity contribution in [2.75, 3.05) is 10.6 Å². The highest BCUT2D eigenvalue weighted by molar-refractivity contribution is 6.10. The molecule has 1 aliphatic heterocycles. The fourth-order valence-electron chi connectivity index (χ4n) is 2.51. The van der Waals surface area contributed by atoms with Gasteiger partial charge in [-0.2, -0.15) is 0 Å². The Morgan fingerprint density at radius 3 is 2.55 bits per heavy atom. The van der Waals surface area contributed by atoms with E-state index >= 15 is 0 Å². The first-order valence-electron chi connectivity index (χ1n) is 7.24. The molecule has 4 nitrogen and oxygen atoms in total. The van der Waals surface area contributed by atoms with Crippen LogP contribution in [-0.4, -0.2) is 11.9 Å². The summed E-state index contributed by atoms with van der Waals surface area (Å²) in [6.07, 6.45) is 1.75. The number of rotatable bonds is 2. The third-order valence-corrected chi connectivity index (χ3v) is 3.51. The van der Waals surface area contributed by atoms with Crippen LogP contribution in [-0.2, 0) is 4.79 Å². The molecule has 2 aromatic rings. The van der Waals surface area contributed by atoms with Crippen molar-refractivity contribution in [2.24, 2.45) is 0 Å². The third-order valence-electron chi connectivity index (χ3n) is 3.51. The van der Waals surface area contributed by atoms with E-state index < -0.39 is 0 Å². The van der Waals surface area contributed by atoms with Crippen LogP contribution in [0.3, 0.4) is 0 Å². The Kier molecular flexibility index (Phi) is 3.59. The average Bonchev–Trinajstić information content (AvgIpc) is 2.49. The summed E-state index contributed by atoms with van der Waals surface area (Å²) in [5.74, 6) is 0.768. The number of amides is 1. The molecule has 0 saturated carbocycles. The smallest absolute Gasteiger partial charge is 0.294 e. The molecule has 1 aliphatic rings. The van der Waals surface area contributed by atoms with E-state index in [1.807, 2.05) is 50.2 Å². The second-order valence-corrected chi connectivity index (χ2v) is 5.52. The lowest BCUT2D eigenvalue weighted by Gasteiger charge is -2.33. The van der Waals surface area contributed by atoms with E-state index in [0.29, 0.717) is 17.2 Å². The monoisotopic (exact) mass is 294 g/mol. The molecule has 0 aromatic heterocycles. The minimum Gasteiger partial charge on any atom is -0.449 e. The maximum Gasteiger partial charge on any atom is 0.294 e. The summed E-state index contributed by atoms with van der Waals surface area (Å²) in [5, 5.41) is 0. The van der Waals surface area contributed by atoms with Gasteiger partial charge in [0.2, 0.25) is 0 Å². The number of ether oxygens (including phenoxy) is 1. The van der Waals surface area contributed by atoms with Gasteiger partial charge in [-0.1, -0.05) is 30.3 Å². The molecule has 0 fully saturated rings. The second kappa shape index (κ2) is 5.56. The quantitative estimate of drug-likeness (QED) is 0.682. The Balaban J connectivity index is 2.08. The molecule has 3 rings (SSSR count). The highest BCUT2D eigenvalue weighted by Crippen LogP contribution is 2.38. The van der Waals surface area contributed by atoms with Crippen LogP contribution in [0.15, 0.2) is 54.3 Å². The van der Waals surface area contributed by atoms with E-state index in [-0.39, 0.29) is 11.9 Å². The van der Waals surface area contributed by atoms with Gasteiger partial charge < -0.3 is 10.5 Å². The first-order chi connectivity index (χ1) is 10.6. The lowest BCUT2D eigenvalue weighted by atomic mass is 10.1. The number of carbonyl (C=O) groups is 1. The molecule has 2 N–H and O–H groups in total. The van der Waals surface area contributed by atoms with Crippen molar-refractivity contribution in [3.05, 3.63) is 59.9 Å². The number of anilines is 2. The molecule has 112 valence electrons. The van der Waals surface area contributed by atoms with Gasteiger partial charge in [0.25, 0.3) is 5.91 Å². The molecule has 4 heteroatoms. The summed E-state index contributed by atoms with van der Waals surface area (Å²) < 4.78 is 5.80. The van der Waals surface area contributed by atoms with Gasteiger partial charge in [0.15, 0.2) is 11.5 Å². The van der Waals surface area contributed by atoms with Gasteiger partial charge in [-0.15, -0.1) is 0 Å². The molecular weight excluding hydrogens is 276 g/mol. The van der Waals surface area contributed by atoms with Crippen molar-refractivity contribution in [2.45, 2.75) is 19.9 Å². The van der Waals surface area contributed by atoms with Crippen LogP contribution in [0.1, 0.15) is 19.4 Å². The SMILES string of the molecule is CC(C)N1C(=O)/C(=C\c2ccccc2)Oc2cc(N)ccc21. The molecule has 0 saturated heterocycles. The van der Waals surface area contributed by atoms with Crippen LogP contribution < -0.4 is 15.4 Å². The van der Waals surface area contributed by atoms with E-state index in [2.05, 4.69) is 0 Å². The lowest BCUT2D eigenvalue weighted by Crippen LogP contribution is -2.42. The Labute approximate surface area is 129 Å². The summed E-state index contributed by atoms with van der Waals surface area (Å²) in [6, 6.07) is 15.0. The molecule has 2 aromatic carbocycles. The Morgan fingerprint density at radius 2 is 1.86 bits per heavy atom. The molecule has 0 spiro atoms. The largest absolute Gasteiger partial charge is 0.449 e. The van der Waals surface area contributed by atoms with Crippen LogP contribution in [0, 0.1) is 0 Å². The van der Waals surface area contributed by atoms with Crippen LogP contribution >= 0.6 is 0 Å². The number of nitrogen functional groups attached to an aromatic ring is 1. The summed E-state index contributed by atoms with van der Waals surface area (Å²) >= 11 is 0. The fraction of sp³-hybridized carbons (Fsp3) is 0.167. The molecule has 0 bridgehead atoms. The minimum atomic E-state index is -0.142. The van der Waals surface area contributed by atoms with Crippen LogP contribution in [0.25, 0.3) is 6.08 Å². The maximum atomic E-state index is 12.7. The summed E-state index contributed by atoms with van der Waals surface area (Å²) in [4.78, 5) is 14.4. The first kappa shape index (κ1) is 14.2. The van der Waals surface area contributed by atoms with E-state index in [9.17, 15) is 4.79 Å². The maximum absolute atomic E-state index is 12.7. The van der Waals surface area contributed by atoms with Gasteiger partial charge in [-0.25, -0.2) is 0 Å². The minimum absolute atomic E-state index is 0.0259. The molecule has 0 aliphatic carbocycles. The normalized spacial score (nSPS) is 15.9. The van der Waals surface area contributed by atoms with E-state index in [4.69, 9.17) is 10.5 Å². The first-order valence-corrected chi connectivity index (χ1v) is 7.24. The van der Waals surface area contributed by atoms with Crippen LogP contribution in [0.2, 0.25) is 0 Å². The van der Waals surface area contributed by atoms with Crippen molar-refractivity contribution in [1.29, 1.82) is 0 Å². The van der Waals surface area contributed by atoms with Crippen molar-refractivity contribution in [3.63, 3.8) is 0 Å². The van der Waals surface area contributed by atoms with Gasteiger partial charge in [-0.3, -0.25) is 9.69 Å². The Hall–Kier alpha value is -2.75. The van der Waals surface area contributed by atoms with Crippen LogP contribution in [0.4, 0.5) is 11.4 Å². The number of hydrogen-bond acceptors (Lipinski definition) is 3. The summed E-state index contributed by atoms with van der Waals surface area (Å²) in [6.45, 7) is 3.95. The topological polar surface area (TPSA) is 55.6 Å². The van der Waals surface area contributed by atoms with E-state index in [1.165, 1.54) is 0 Å². The number of hydrogen-bond donors (Lipinski definition) is 1. The molecule has 1 heterocycles. The average molecular weight is 294 g/mol. The number of nitrogens with zero attached hydrogens (tertiary/aromatic N) is 1. The fourth-order valence-corrected chi connectivity index (χ4v) is 2.51. The van der Waals surface area contributed by atoms with E-state index in [0.717, 1.165) is 11.3 Å². The van der Waals surface area contributed by atoms with Gasteiger partial charge in [0, 0.05) is 17.8 Å². The number of carbonyl (C=O) groups excluding carboxylic acids is 1. The third kappa shape index (κ3) is 2.55. The van der Waals surface area contributed by atoms with E-state index in [1.54, 1.807) is 23.1 Å². The van der Waals surface area contributed by atoms with Crippen LogP contribution in [0.5, 0.6) is 5.75 Å². The molecule has 1 amide bonds. The highest BCUT2D eigenvalue weighted by atomic mass is 16.5. The van der Waals surface area contributed by atoms with Crippen molar-refractivity contribution >= 4 is 23.4 Å². The molecular formula is C18H18N2O2. The van der Waals surface area contributed by atoms with Gasteiger partial charge in [0.1, 0.15) is 0 Å². The molecule has 0 unspecified atom stereocenters. The predicted molar refractivity (Wildman–Crippen MR) is 88.5 cm³/mol. The standard InChI is InChI=1S/C18H18N2O2/c1-12(2)20-15-9-8-14(19)11-16(15)22-17(18(20)21)10-13-6-4-3-5-7-13/h3-12H,19H2,1-2H3/b17-10+. The summed E-state index contributed by atoms with van der Waals surface area (Å²) in [7, 11) is 0. The Bertz CT molecular complexity index is 736. The summed E-state index contributed by atoms with van der Waals surface area (Å²) in [5.41, 5.74) is 8.11. The Morgan fingerprint density at radius 1 is 1.14 bits per heavy atom. The van der Waals surface area contributed by atoms with Gasteiger partial charge >= 0.3 is 0 Å². The number of fused-ring (bicyclic) bond motifs is 1. The van der Waals surface area contributed by atoms with Gasteiger partial charge in [0.05, 0.1) is 5.69 Å². The number of nitrogens with two attached hydrogens (primary N) is 1. The second-order valence-electron chi connectivity index (χ2n) is 5.52. The lowest BCUT2D eigenvalue weighted by molar-refractivity contribution is -0.117. The molecule has 0 atom stereocenters.